The summed E-state index contributed by atoms with van der Waals surface area (Å²) >= 11 is 1.68. The summed E-state index contributed by atoms with van der Waals surface area (Å²) in [4.78, 5) is 92.4. The maximum Gasteiger partial charge on any atom is 0.129 e. The van der Waals surface area contributed by atoms with Crippen molar-refractivity contribution in [2.75, 3.05) is 75.6 Å². The van der Waals surface area contributed by atoms with Gasteiger partial charge < -0.3 is 68.6 Å². The average molecular weight is 3180 g/mol. The minimum Gasteiger partial charge on any atom is -0.501 e. The van der Waals surface area contributed by atoms with E-state index >= 15 is 0 Å². The molecule has 0 fully saturated rings. The van der Waals surface area contributed by atoms with Gasteiger partial charge in [-0.1, -0.05) is 54.6 Å². The largest absolute Gasteiger partial charge is 0.501 e. The molecule has 0 saturated heterocycles. The standard InChI is InChI=1S/C18H14N4.2C17H12N4.C16H11N5.C15H10N4S.C14H14N4.C12H10N4.7Ir/c1-14-7-5-6-10-16(14)22-13-21(15-8-3-2-4-9-15)18-17(22)11-19-12-20-18;2*1-3-7-14(8-4-1)20-13-21(15-9-5-2-6-10-15)17-16(20)11-18-12-19-17;1-2-4-13(5-3-1)21-12-20(14-6-8-17-9-7-14)15-10-18-11-19-16(15)21;1-2-5-12(6-3-1)18-11-19(14-7-4-8-20-14)13-9-16-10-17-15(13)18;1-11(2)17-10-18(12-6-4-3-5-7-12)14-13(17)8-15-9-16-14;1-15-9-16(10-5-3-2-4-6-10)12-11(15)7-13-8-14-12;;;;;;;/h2-8,10-13H,1H3;1-7,9-13H;1-9,11-13H;1-4,6-12H;1-5,7-11H;3-6,8-11H,1-2H3;2-5,7-9H,1H3;;;;;;;/q7*-2;;;;;;;. The van der Waals surface area contributed by atoms with Crippen molar-refractivity contribution in [3.8, 4) is 0 Å². The van der Waals surface area contributed by atoms with Crippen molar-refractivity contribution in [2.24, 2.45) is 0 Å². The van der Waals surface area contributed by atoms with Crippen LogP contribution in [0.15, 0.2) is 384 Å². The predicted molar refractivity (Wildman–Crippen MR) is 546 cm³/mol. The molecule has 0 bridgehead atoms. The number of pyridine rings is 1. The van der Waals surface area contributed by atoms with Gasteiger partial charge in [-0.3, -0.25) is 4.98 Å². The van der Waals surface area contributed by atoms with Crippen LogP contribution in [-0.2, 0) is 141 Å². The van der Waals surface area contributed by atoms with E-state index < -0.39 is 0 Å². The molecule has 0 atom stereocenters. The SMILES string of the molecule is CC(C)N1[CH-]N(c2[c-]cccc2)c2ncncc21.CN1[CH-]N(c2[c-]cccc2)c2ncncc21.Cc1ccccc1N1[CH-]N(c2[c-]cccc2)c2ncncc21.[Ir].[Ir].[Ir].[Ir].[Ir].[Ir].[Ir].[c-]1ccccc1N1[CH-]N(c2ccccc2)c2cncnc21.[c-]1ccccc1N1[CH-]N(c2ccccc2)c2ncncc21.[c-]1ccccc1N1[CH-]N(c2cccs2)c2cncnc21.[c-]1ccccc1N1[CH-]N(c2ccncc2)c2cncnc21. The molecule has 7 aliphatic heterocycles. The molecule has 37 heteroatoms. The number of thiophene rings is 1. The first-order valence-electron chi connectivity index (χ1n) is 44.1. The van der Waals surface area contributed by atoms with Crippen molar-refractivity contribution in [3.63, 3.8) is 0 Å². The van der Waals surface area contributed by atoms with Gasteiger partial charge in [-0.2, -0.15) is 219 Å². The second-order valence-corrected chi connectivity index (χ2v) is 32.3. The molecule has 26 rings (SSSR count). The van der Waals surface area contributed by atoms with E-state index in [1.54, 1.807) is 68.0 Å². The molecular formula is C109H83Ir7N29S-14. The average Bonchev–Trinajstić information content (AvgIpc) is 1.64. The van der Waals surface area contributed by atoms with Crippen LogP contribution in [0.5, 0.6) is 0 Å². The molecule has 7 radical (unpaired) electrons. The van der Waals surface area contributed by atoms with Gasteiger partial charge in [0, 0.05) is 176 Å². The van der Waals surface area contributed by atoms with Crippen LogP contribution in [0, 0.1) is 96.1 Å². The second kappa shape index (κ2) is 52.9. The van der Waals surface area contributed by atoms with Crippen LogP contribution in [0.25, 0.3) is 0 Å². The van der Waals surface area contributed by atoms with Gasteiger partial charge in [-0.05, 0) is 99.4 Å². The van der Waals surface area contributed by atoms with Crippen molar-refractivity contribution in [2.45, 2.75) is 26.8 Å². The van der Waals surface area contributed by atoms with E-state index in [1.807, 2.05) is 371 Å². The molecule has 0 amide bonds. The van der Waals surface area contributed by atoms with Crippen molar-refractivity contribution >= 4 is 159 Å². The van der Waals surface area contributed by atoms with Crippen LogP contribution in [0.3, 0.4) is 0 Å². The first kappa shape index (κ1) is 110. The Morgan fingerprint density at radius 2 is 0.521 bits per heavy atom. The number of nitrogens with zero attached hydrogens (tertiary/aromatic N) is 29. The van der Waals surface area contributed by atoms with Crippen LogP contribution >= 0.6 is 11.3 Å². The molecule has 9 aromatic heterocycles. The fourth-order valence-corrected chi connectivity index (χ4v) is 16.5. The van der Waals surface area contributed by atoms with Crippen molar-refractivity contribution in [1.82, 2.24) is 74.8 Å². The number of para-hydroxylation sites is 10. The molecule has 747 valence electrons. The fraction of sp³-hybridized carbons (Fsp3) is 0.0459. The first-order chi connectivity index (χ1) is 68.7. The van der Waals surface area contributed by atoms with Gasteiger partial charge in [0.15, 0.2) is 0 Å². The third-order valence-corrected chi connectivity index (χ3v) is 23.2. The molecule has 0 saturated carbocycles. The van der Waals surface area contributed by atoms with E-state index in [9.17, 15) is 0 Å². The monoisotopic (exact) mass is 3180 g/mol. The topological polar surface area (TPSA) is 239 Å². The Hall–Kier alpha value is -13.6. The third kappa shape index (κ3) is 24.7. The Morgan fingerprint density at radius 3 is 0.890 bits per heavy atom. The quantitative estimate of drug-likeness (QED) is 0.0975. The molecule has 0 unspecified atom stereocenters. The smallest absolute Gasteiger partial charge is 0.129 e. The number of aryl methyl sites for hydroxylation is 1. The summed E-state index contributed by atoms with van der Waals surface area (Å²) in [5.74, 6) is 6.09. The Morgan fingerprint density at radius 1 is 0.240 bits per heavy atom. The minimum atomic E-state index is 0. The third-order valence-electron chi connectivity index (χ3n) is 22.3. The van der Waals surface area contributed by atoms with Gasteiger partial charge in [0.25, 0.3) is 0 Å². The Balaban J connectivity index is 0.000000142. The van der Waals surface area contributed by atoms with E-state index in [-0.39, 0.29) is 141 Å². The van der Waals surface area contributed by atoms with Crippen LogP contribution in [0.2, 0.25) is 0 Å². The second-order valence-electron chi connectivity index (χ2n) is 31.3. The summed E-state index contributed by atoms with van der Waals surface area (Å²) in [6.45, 7) is 20.5. The Kier molecular flexibility index (Phi) is 39.7. The molecule has 0 N–H and O–H groups in total. The number of hydrogen-bond acceptors (Lipinski definition) is 30. The summed E-state index contributed by atoms with van der Waals surface area (Å²) in [5, 5.41) is 3.20. The summed E-state index contributed by atoms with van der Waals surface area (Å²) in [6, 6.07) is 115. The molecule has 0 spiro atoms. The molecule has 7 aliphatic rings. The zero-order valence-corrected chi connectivity index (χ0v) is 95.3. The Labute approximate surface area is 947 Å². The van der Waals surface area contributed by atoms with E-state index in [2.05, 4.69) is 217 Å². The number of anilines is 26. The maximum absolute atomic E-state index is 4.44. The predicted octanol–water partition coefficient (Wildman–Crippen LogP) is 22.9. The van der Waals surface area contributed by atoms with Crippen molar-refractivity contribution in [3.05, 3.63) is 479 Å². The number of rotatable bonds is 13. The number of aromatic nitrogens is 15. The molecule has 0 aliphatic carbocycles. The van der Waals surface area contributed by atoms with Crippen LogP contribution in [0.1, 0.15) is 19.4 Å². The number of benzene rings is 10. The first-order valence-corrected chi connectivity index (χ1v) is 45.0. The van der Waals surface area contributed by atoms with Gasteiger partial charge in [0.1, 0.15) is 85.0 Å². The van der Waals surface area contributed by atoms with Gasteiger partial charge in [-0.15, -0.1) is 91.2 Å². The molecule has 16 heterocycles. The van der Waals surface area contributed by atoms with Crippen molar-refractivity contribution < 1.29 is 141 Å². The van der Waals surface area contributed by atoms with Crippen LogP contribution in [0.4, 0.5) is 148 Å². The van der Waals surface area contributed by atoms with E-state index in [0.717, 1.165) is 148 Å². The van der Waals surface area contributed by atoms with Gasteiger partial charge >= 0.3 is 0 Å². The van der Waals surface area contributed by atoms with Crippen LogP contribution in [-0.4, -0.2) is 87.8 Å². The molecule has 19 aromatic rings. The summed E-state index contributed by atoms with van der Waals surface area (Å²) in [6.07, 6.45) is 27.3. The van der Waals surface area contributed by atoms with E-state index in [4.69, 9.17) is 0 Å². The number of fused-ring (bicyclic) bond motifs is 7. The zero-order valence-electron chi connectivity index (χ0n) is 77.7. The van der Waals surface area contributed by atoms with Gasteiger partial charge in [-0.25, -0.2) is 69.8 Å². The maximum atomic E-state index is 4.44. The molecule has 29 nitrogen and oxygen atoms in total. The summed E-state index contributed by atoms with van der Waals surface area (Å²) < 4.78 is 0. The minimum absolute atomic E-state index is 0. The molecule has 146 heavy (non-hydrogen) atoms. The zero-order chi connectivity index (χ0) is 94.0. The van der Waals surface area contributed by atoms with E-state index in [0.29, 0.717) is 6.04 Å². The fourth-order valence-electron chi connectivity index (χ4n) is 15.8. The Bertz CT molecular complexity index is 6720. The molecule has 10 aromatic carbocycles. The van der Waals surface area contributed by atoms with E-state index in [1.165, 1.54) is 5.56 Å². The normalized spacial score (nSPS) is 12.9. The van der Waals surface area contributed by atoms with Gasteiger partial charge in [0.05, 0.1) is 88.2 Å². The molecular weight excluding hydrogens is 3090 g/mol. The van der Waals surface area contributed by atoms with Crippen LogP contribution < -0.4 is 68.6 Å². The summed E-state index contributed by atoms with van der Waals surface area (Å²) in [7, 11) is 1.98. The van der Waals surface area contributed by atoms with Gasteiger partial charge in [0.2, 0.25) is 0 Å². The number of hydrogen-bond donors (Lipinski definition) is 0. The summed E-state index contributed by atoms with van der Waals surface area (Å²) in [5.41, 5.74) is 19.0. The van der Waals surface area contributed by atoms with Crippen molar-refractivity contribution in [1.29, 1.82) is 0 Å².